The highest BCUT2D eigenvalue weighted by atomic mass is 32.2. The molecule has 4 rings (SSSR count). The second-order valence-corrected chi connectivity index (χ2v) is 10.9. The third kappa shape index (κ3) is 3.91. The van der Waals surface area contributed by atoms with Gasteiger partial charge in [0.25, 0.3) is 5.91 Å². The molecule has 1 aromatic carbocycles. The number of carboxylic acids is 1. The number of β-lactam (4-membered cyclic amide) rings is 1. The Morgan fingerprint density at radius 2 is 1.84 bits per heavy atom. The minimum atomic E-state index is -1.04. The molecule has 2 saturated heterocycles. The van der Waals surface area contributed by atoms with Crippen LogP contribution in [0.2, 0.25) is 0 Å². The number of nitrogens with one attached hydrogen (secondary N) is 1. The monoisotopic (exact) mass is 445 g/mol. The van der Waals surface area contributed by atoms with Crippen LogP contribution in [-0.4, -0.2) is 61.3 Å². The Labute approximate surface area is 185 Å². The predicted octanol–water partition coefficient (Wildman–Crippen LogP) is 2.37. The number of rotatable bonds is 6. The molecular formula is C22H27N3O5S. The van der Waals surface area contributed by atoms with Gasteiger partial charge < -0.3 is 20.2 Å². The summed E-state index contributed by atoms with van der Waals surface area (Å²) < 4.78 is -0.651. The molecule has 3 fully saturated rings. The lowest BCUT2D eigenvalue weighted by molar-refractivity contribution is -0.160. The van der Waals surface area contributed by atoms with Crippen molar-refractivity contribution in [3.63, 3.8) is 0 Å². The quantitative estimate of drug-likeness (QED) is 0.395. The predicted molar refractivity (Wildman–Crippen MR) is 117 cm³/mol. The molecule has 2 heterocycles. The highest BCUT2D eigenvalue weighted by Crippen LogP contribution is 2.50. The van der Waals surface area contributed by atoms with E-state index >= 15 is 0 Å². The molecule has 0 unspecified atom stereocenters. The first-order valence-corrected chi connectivity index (χ1v) is 11.4. The molecule has 0 radical (unpaired) electrons. The molecule has 2 amide bonds. The van der Waals surface area contributed by atoms with Crippen LogP contribution in [0.4, 0.5) is 0 Å². The molecule has 31 heavy (non-hydrogen) atoms. The summed E-state index contributed by atoms with van der Waals surface area (Å²) in [5.74, 6) is -1.94. The van der Waals surface area contributed by atoms with E-state index in [4.69, 9.17) is 4.84 Å². The summed E-state index contributed by atoms with van der Waals surface area (Å²) in [4.78, 5) is 44.7. The molecule has 1 aliphatic carbocycles. The second-order valence-electron chi connectivity index (χ2n) is 9.10. The molecule has 8 nitrogen and oxygen atoms in total. The first-order chi connectivity index (χ1) is 14.6. The molecule has 0 aromatic heterocycles. The standard InChI is InChI=1S/C22H27N3O5S/c1-21(2)16(20(28)29)25-18(27)15(19(25)31-21)23-17(26)14(13-9-5-4-6-10-13)24-30-22(3)11-7-8-12-22/h4-6,9-10,15-16,19H,7-8,11-12H2,1-3H3,(H,23,26)(H,28,29)/b24-14-/t15-,16+,19-/m1/s1. The van der Waals surface area contributed by atoms with Gasteiger partial charge in [0.2, 0.25) is 5.91 Å². The summed E-state index contributed by atoms with van der Waals surface area (Å²) in [6.07, 6.45) is 3.87. The van der Waals surface area contributed by atoms with Crippen LogP contribution in [0.1, 0.15) is 52.0 Å². The average molecular weight is 446 g/mol. The zero-order valence-corrected chi connectivity index (χ0v) is 18.6. The molecule has 0 bridgehead atoms. The number of carbonyl (C=O) groups excluding carboxylic acids is 2. The zero-order valence-electron chi connectivity index (χ0n) is 17.8. The van der Waals surface area contributed by atoms with Gasteiger partial charge in [-0.1, -0.05) is 35.5 Å². The van der Waals surface area contributed by atoms with Crippen molar-refractivity contribution in [2.75, 3.05) is 0 Å². The summed E-state index contributed by atoms with van der Waals surface area (Å²) in [7, 11) is 0. The van der Waals surface area contributed by atoms with Crippen molar-refractivity contribution in [3.05, 3.63) is 35.9 Å². The van der Waals surface area contributed by atoms with Crippen LogP contribution in [0.15, 0.2) is 35.5 Å². The molecule has 0 spiro atoms. The highest BCUT2D eigenvalue weighted by Gasteiger charge is 2.64. The second kappa shape index (κ2) is 7.85. The van der Waals surface area contributed by atoms with Gasteiger partial charge in [-0.2, -0.15) is 0 Å². The van der Waals surface area contributed by atoms with Gasteiger partial charge in [0.1, 0.15) is 23.1 Å². The van der Waals surface area contributed by atoms with E-state index in [0.29, 0.717) is 5.56 Å². The van der Waals surface area contributed by atoms with E-state index in [1.165, 1.54) is 16.7 Å². The van der Waals surface area contributed by atoms with Crippen molar-refractivity contribution in [2.24, 2.45) is 5.16 Å². The summed E-state index contributed by atoms with van der Waals surface area (Å²) in [5.41, 5.74) is 0.300. The molecule has 2 aliphatic heterocycles. The van der Waals surface area contributed by atoms with Gasteiger partial charge in [-0.3, -0.25) is 9.59 Å². The van der Waals surface area contributed by atoms with E-state index in [2.05, 4.69) is 10.5 Å². The Bertz CT molecular complexity index is 926. The number of amides is 2. The van der Waals surface area contributed by atoms with Gasteiger partial charge in [0.15, 0.2) is 5.71 Å². The molecule has 1 saturated carbocycles. The molecule has 2 N–H and O–H groups in total. The number of thioether (sulfide) groups is 1. The van der Waals surface area contributed by atoms with E-state index in [-0.39, 0.29) is 11.6 Å². The van der Waals surface area contributed by atoms with Crippen molar-refractivity contribution < 1.29 is 24.3 Å². The van der Waals surface area contributed by atoms with E-state index in [0.717, 1.165) is 25.7 Å². The summed E-state index contributed by atoms with van der Waals surface area (Å²) in [5, 5.41) is 16.1. The number of hydrogen-bond donors (Lipinski definition) is 2. The normalized spacial score (nSPS) is 28.6. The van der Waals surface area contributed by atoms with Crippen LogP contribution >= 0.6 is 11.8 Å². The van der Waals surface area contributed by atoms with Crippen LogP contribution in [-0.2, 0) is 19.2 Å². The minimum absolute atomic E-state index is 0.108. The number of benzene rings is 1. The molecule has 9 heteroatoms. The van der Waals surface area contributed by atoms with Crippen molar-refractivity contribution in [1.29, 1.82) is 0 Å². The van der Waals surface area contributed by atoms with Crippen LogP contribution in [0.3, 0.4) is 0 Å². The van der Waals surface area contributed by atoms with Crippen LogP contribution < -0.4 is 5.32 Å². The third-order valence-electron chi connectivity index (χ3n) is 6.24. The lowest BCUT2D eigenvalue weighted by atomic mass is 9.96. The molecule has 1 aromatic rings. The Morgan fingerprint density at radius 3 is 2.45 bits per heavy atom. The Hall–Kier alpha value is -2.55. The fourth-order valence-corrected chi connectivity index (χ4v) is 6.17. The maximum Gasteiger partial charge on any atom is 0.327 e. The van der Waals surface area contributed by atoms with Gasteiger partial charge in [0.05, 0.1) is 0 Å². The highest BCUT2D eigenvalue weighted by molar-refractivity contribution is 8.01. The number of carbonyl (C=O) groups is 3. The molecule has 3 atom stereocenters. The zero-order chi connectivity index (χ0) is 22.4. The number of hydrogen-bond acceptors (Lipinski definition) is 6. The Balaban J connectivity index is 1.53. The Morgan fingerprint density at radius 1 is 1.19 bits per heavy atom. The van der Waals surface area contributed by atoms with E-state index < -0.39 is 39.7 Å². The van der Waals surface area contributed by atoms with Gasteiger partial charge in [-0.15, -0.1) is 11.8 Å². The van der Waals surface area contributed by atoms with Crippen molar-refractivity contribution in [2.45, 2.75) is 74.3 Å². The fraction of sp³-hybridized carbons (Fsp3) is 0.545. The number of fused-ring (bicyclic) bond motifs is 1. The molecular weight excluding hydrogens is 418 g/mol. The third-order valence-corrected chi connectivity index (χ3v) is 7.81. The summed E-state index contributed by atoms with van der Waals surface area (Å²) in [6.45, 7) is 5.59. The van der Waals surface area contributed by atoms with Gasteiger partial charge >= 0.3 is 5.97 Å². The maximum absolute atomic E-state index is 13.1. The van der Waals surface area contributed by atoms with Gasteiger partial charge in [-0.25, -0.2) is 4.79 Å². The number of aliphatic carboxylic acids is 1. The van der Waals surface area contributed by atoms with Gasteiger partial charge in [-0.05, 0) is 46.5 Å². The number of carboxylic acid groups (broad SMARTS) is 1. The van der Waals surface area contributed by atoms with Gasteiger partial charge in [0, 0.05) is 10.3 Å². The minimum Gasteiger partial charge on any atom is -0.480 e. The Kier molecular flexibility index (Phi) is 5.49. The first-order valence-electron chi connectivity index (χ1n) is 10.5. The first kappa shape index (κ1) is 21.7. The number of nitrogens with zero attached hydrogens (tertiary/aromatic N) is 2. The maximum atomic E-state index is 13.1. The van der Waals surface area contributed by atoms with E-state index in [9.17, 15) is 19.5 Å². The SMILES string of the molecule is CC1(O/N=C(\C(=O)N[C@@H]2C(=O)N3[C@@H]2SC(C)(C)[C@@H]3C(=O)O)c2ccccc2)CCCC1. The van der Waals surface area contributed by atoms with Crippen molar-refractivity contribution in [3.8, 4) is 0 Å². The van der Waals surface area contributed by atoms with E-state index in [1.807, 2.05) is 13.0 Å². The lowest BCUT2D eigenvalue weighted by Gasteiger charge is -2.43. The summed E-state index contributed by atoms with van der Waals surface area (Å²) >= 11 is 1.39. The van der Waals surface area contributed by atoms with Crippen molar-refractivity contribution in [1.82, 2.24) is 10.2 Å². The molecule has 166 valence electrons. The summed E-state index contributed by atoms with van der Waals surface area (Å²) in [6, 6.07) is 7.27. The topological polar surface area (TPSA) is 108 Å². The molecule has 3 aliphatic rings. The van der Waals surface area contributed by atoms with Crippen LogP contribution in [0.5, 0.6) is 0 Å². The van der Waals surface area contributed by atoms with Crippen LogP contribution in [0.25, 0.3) is 0 Å². The number of oxime groups is 1. The van der Waals surface area contributed by atoms with Crippen LogP contribution in [0, 0.1) is 0 Å². The van der Waals surface area contributed by atoms with Crippen molar-refractivity contribution >= 4 is 35.3 Å². The largest absolute Gasteiger partial charge is 0.480 e. The smallest absolute Gasteiger partial charge is 0.327 e. The lowest BCUT2D eigenvalue weighted by Crippen LogP contribution is -2.71. The van der Waals surface area contributed by atoms with E-state index in [1.54, 1.807) is 38.1 Å². The average Bonchev–Trinajstić information content (AvgIpc) is 3.26. The fourth-order valence-electron chi connectivity index (χ4n) is 4.55.